The van der Waals surface area contributed by atoms with Crippen LogP contribution in [0.5, 0.6) is 5.75 Å². The van der Waals surface area contributed by atoms with E-state index >= 15 is 0 Å². The van der Waals surface area contributed by atoms with E-state index in [1.165, 1.54) is 11.0 Å². The third-order valence-electron chi connectivity index (χ3n) is 5.00. The van der Waals surface area contributed by atoms with Crippen LogP contribution in [0.4, 0.5) is 0 Å². The number of aliphatic hydroxyl groups excluding tert-OH is 1. The monoisotopic (exact) mass is 506 g/mol. The van der Waals surface area contributed by atoms with Crippen LogP contribution in [-0.2, 0) is 9.59 Å². The lowest BCUT2D eigenvalue weighted by molar-refractivity contribution is -0.140. The molecule has 1 aliphatic heterocycles. The second-order valence-corrected chi connectivity index (χ2v) is 8.75. The van der Waals surface area contributed by atoms with E-state index in [2.05, 4.69) is 15.9 Å². The fourth-order valence-corrected chi connectivity index (χ4v) is 4.17. The minimum atomic E-state index is -0.716. The zero-order valence-corrected chi connectivity index (χ0v) is 19.9. The van der Waals surface area contributed by atoms with E-state index in [-0.39, 0.29) is 11.3 Å². The number of Topliss-reactive ketones (excluding diaryl/α,β-unsaturated/α-hetero) is 1. The van der Waals surface area contributed by atoms with Gasteiger partial charge in [-0.3, -0.25) is 9.59 Å². The molecular weight excluding hydrogens is 484 g/mol. The van der Waals surface area contributed by atoms with Crippen molar-refractivity contribution in [1.82, 2.24) is 9.80 Å². The molecule has 2 aromatic carbocycles. The smallest absolute Gasteiger partial charge is 0.295 e. The Labute approximate surface area is 195 Å². The molecule has 3 rings (SSSR count). The van der Waals surface area contributed by atoms with E-state index in [1.807, 2.05) is 50.2 Å². The SMILES string of the molecule is CCOc1ccc(/C(O)=C2\C(=O)C(=O)N(CCN(C)C)[C@H]2c2cccc(Br)c2)cc1Cl. The van der Waals surface area contributed by atoms with Crippen molar-refractivity contribution in [3.63, 3.8) is 0 Å². The molecule has 1 heterocycles. The van der Waals surface area contributed by atoms with Crippen LogP contribution in [0.1, 0.15) is 24.1 Å². The van der Waals surface area contributed by atoms with Gasteiger partial charge in [0.25, 0.3) is 11.7 Å². The fraction of sp³-hybridized carbons (Fsp3) is 0.304. The van der Waals surface area contributed by atoms with Crippen LogP contribution in [0, 0.1) is 0 Å². The molecule has 2 aromatic rings. The molecule has 0 spiro atoms. The molecule has 1 fully saturated rings. The van der Waals surface area contributed by atoms with Crippen LogP contribution >= 0.6 is 27.5 Å². The molecule has 0 bridgehead atoms. The zero-order valence-electron chi connectivity index (χ0n) is 17.6. The minimum absolute atomic E-state index is 0.0436. The van der Waals surface area contributed by atoms with E-state index in [9.17, 15) is 14.7 Å². The van der Waals surface area contributed by atoms with Crippen molar-refractivity contribution in [2.24, 2.45) is 0 Å². The lowest BCUT2D eigenvalue weighted by atomic mass is 9.95. The van der Waals surface area contributed by atoms with Gasteiger partial charge in [0.1, 0.15) is 11.5 Å². The number of ketones is 1. The summed E-state index contributed by atoms with van der Waals surface area (Å²) in [5.41, 5.74) is 1.12. The molecule has 0 aliphatic carbocycles. The second-order valence-electron chi connectivity index (χ2n) is 7.43. The summed E-state index contributed by atoms with van der Waals surface area (Å²) in [7, 11) is 3.79. The summed E-state index contributed by atoms with van der Waals surface area (Å²) in [5.74, 6) is -1.13. The lowest BCUT2D eigenvalue weighted by Gasteiger charge is -2.26. The first-order valence-corrected chi connectivity index (χ1v) is 11.0. The van der Waals surface area contributed by atoms with Gasteiger partial charge in [0.05, 0.1) is 23.2 Å². The highest BCUT2D eigenvalue weighted by Gasteiger charge is 2.45. The molecule has 1 atom stereocenters. The normalized spacial score (nSPS) is 18.1. The Morgan fingerprint density at radius 1 is 1.23 bits per heavy atom. The molecule has 0 saturated carbocycles. The number of benzene rings is 2. The predicted octanol–water partition coefficient (Wildman–Crippen LogP) is 4.48. The molecule has 0 unspecified atom stereocenters. The first kappa shape index (κ1) is 23.3. The second kappa shape index (κ2) is 9.85. The summed E-state index contributed by atoms with van der Waals surface area (Å²) in [6.07, 6.45) is 0. The molecule has 6 nitrogen and oxygen atoms in total. The van der Waals surface area contributed by atoms with Crippen molar-refractivity contribution in [3.05, 3.63) is 68.7 Å². The van der Waals surface area contributed by atoms with Gasteiger partial charge in [-0.05, 0) is 56.9 Å². The van der Waals surface area contributed by atoms with Gasteiger partial charge in [-0.25, -0.2) is 0 Å². The van der Waals surface area contributed by atoms with Crippen molar-refractivity contribution in [2.75, 3.05) is 33.8 Å². The summed E-state index contributed by atoms with van der Waals surface area (Å²) >= 11 is 9.73. The molecule has 1 saturated heterocycles. The summed E-state index contributed by atoms with van der Waals surface area (Å²) in [6.45, 7) is 3.21. The summed E-state index contributed by atoms with van der Waals surface area (Å²) in [5, 5.41) is 11.4. The van der Waals surface area contributed by atoms with E-state index < -0.39 is 17.7 Å². The number of likely N-dealkylation sites (tertiary alicyclic amines) is 1. The van der Waals surface area contributed by atoms with Crippen LogP contribution in [-0.4, -0.2) is 60.4 Å². The number of amides is 1. The average molecular weight is 508 g/mol. The molecule has 0 aromatic heterocycles. The van der Waals surface area contributed by atoms with Crippen LogP contribution < -0.4 is 4.74 Å². The molecule has 1 N–H and O–H groups in total. The highest BCUT2D eigenvalue weighted by Crippen LogP contribution is 2.40. The predicted molar refractivity (Wildman–Crippen MR) is 124 cm³/mol. The molecule has 31 heavy (non-hydrogen) atoms. The van der Waals surface area contributed by atoms with Gasteiger partial charge in [-0.15, -0.1) is 0 Å². The van der Waals surface area contributed by atoms with Crippen molar-refractivity contribution >= 4 is 45.0 Å². The van der Waals surface area contributed by atoms with E-state index in [0.717, 1.165) is 10.0 Å². The summed E-state index contributed by atoms with van der Waals surface area (Å²) < 4.78 is 6.25. The Morgan fingerprint density at radius 2 is 1.97 bits per heavy atom. The summed E-state index contributed by atoms with van der Waals surface area (Å²) in [4.78, 5) is 29.3. The number of ether oxygens (including phenoxy) is 1. The number of halogens is 2. The highest BCUT2D eigenvalue weighted by molar-refractivity contribution is 9.10. The topological polar surface area (TPSA) is 70.1 Å². The van der Waals surface area contributed by atoms with Crippen molar-refractivity contribution in [3.8, 4) is 5.75 Å². The Kier molecular flexibility index (Phi) is 7.41. The van der Waals surface area contributed by atoms with E-state index in [0.29, 0.717) is 36.0 Å². The van der Waals surface area contributed by atoms with Crippen LogP contribution in [0.25, 0.3) is 5.76 Å². The first-order valence-electron chi connectivity index (χ1n) is 9.86. The molecule has 8 heteroatoms. The van der Waals surface area contributed by atoms with Crippen LogP contribution in [0.15, 0.2) is 52.5 Å². The number of aliphatic hydroxyl groups is 1. The maximum Gasteiger partial charge on any atom is 0.295 e. The number of nitrogens with zero attached hydrogens (tertiary/aromatic N) is 2. The van der Waals surface area contributed by atoms with Gasteiger partial charge in [0.2, 0.25) is 0 Å². The molecular formula is C23H24BrClN2O4. The zero-order chi connectivity index (χ0) is 22.7. The Balaban J connectivity index is 2.13. The largest absolute Gasteiger partial charge is 0.507 e. The molecule has 164 valence electrons. The number of hydrogen-bond donors (Lipinski definition) is 1. The van der Waals surface area contributed by atoms with Crippen LogP contribution in [0.2, 0.25) is 5.02 Å². The number of carbonyl (C=O) groups excluding carboxylic acids is 2. The van der Waals surface area contributed by atoms with Crippen molar-refractivity contribution in [1.29, 1.82) is 0 Å². The van der Waals surface area contributed by atoms with Gasteiger partial charge in [-0.2, -0.15) is 0 Å². The maximum absolute atomic E-state index is 13.0. The van der Waals surface area contributed by atoms with E-state index in [1.54, 1.807) is 12.1 Å². The number of likely N-dealkylation sites (N-methyl/N-ethyl adjacent to an activating group) is 1. The third kappa shape index (κ3) is 4.95. The quantitative estimate of drug-likeness (QED) is 0.340. The van der Waals surface area contributed by atoms with Gasteiger partial charge < -0.3 is 19.6 Å². The molecule has 0 radical (unpaired) electrons. The Morgan fingerprint density at radius 3 is 2.58 bits per heavy atom. The summed E-state index contributed by atoms with van der Waals surface area (Å²) in [6, 6.07) is 11.5. The van der Waals surface area contributed by atoms with Crippen LogP contribution in [0.3, 0.4) is 0 Å². The molecule has 1 aliphatic rings. The van der Waals surface area contributed by atoms with Gasteiger partial charge >= 0.3 is 0 Å². The lowest BCUT2D eigenvalue weighted by Crippen LogP contribution is -2.35. The fourth-order valence-electron chi connectivity index (χ4n) is 3.52. The average Bonchev–Trinajstić information content (AvgIpc) is 2.98. The standard InChI is InChI=1S/C23H24BrClN2O4/c1-4-31-18-9-8-15(13-17(18)25)21(28)19-20(14-6-5-7-16(24)12-14)27(11-10-26(2)3)23(30)22(19)29/h5-9,12-13,20,28H,4,10-11H2,1-3H3/b21-19+/t20-/m0/s1. The van der Waals surface area contributed by atoms with Crippen molar-refractivity contribution < 1.29 is 19.4 Å². The maximum atomic E-state index is 13.0. The number of carbonyl (C=O) groups is 2. The first-order chi connectivity index (χ1) is 14.7. The molecule has 1 amide bonds. The highest BCUT2D eigenvalue weighted by atomic mass is 79.9. The van der Waals surface area contributed by atoms with Crippen molar-refractivity contribution in [2.45, 2.75) is 13.0 Å². The minimum Gasteiger partial charge on any atom is -0.507 e. The van der Waals surface area contributed by atoms with E-state index in [4.69, 9.17) is 16.3 Å². The Bertz CT molecular complexity index is 1040. The van der Waals surface area contributed by atoms with Gasteiger partial charge in [0.15, 0.2) is 0 Å². The number of hydrogen-bond acceptors (Lipinski definition) is 5. The van der Waals surface area contributed by atoms with Gasteiger partial charge in [0, 0.05) is 23.1 Å². The Hall–Kier alpha value is -2.35. The van der Waals surface area contributed by atoms with Gasteiger partial charge in [-0.1, -0.05) is 39.7 Å². The number of rotatable bonds is 7. The third-order valence-corrected chi connectivity index (χ3v) is 5.79.